The van der Waals surface area contributed by atoms with E-state index in [-0.39, 0.29) is 39.0 Å². The van der Waals surface area contributed by atoms with Crippen molar-refractivity contribution in [3.63, 3.8) is 0 Å². The number of ether oxygens (including phenoxy) is 1. The van der Waals surface area contributed by atoms with Crippen LogP contribution in [0.1, 0.15) is 78.1 Å². The first kappa shape index (κ1) is 30.9. The minimum Gasteiger partial charge on any atom is -0.481 e. The molecule has 0 saturated carbocycles. The number of carboxylic acids is 1. The monoisotopic (exact) mass is 438 g/mol. The van der Waals surface area contributed by atoms with E-state index in [9.17, 15) is 20.1 Å². The van der Waals surface area contributed by atoms with Gasteiger partial charge in [0, 0.05) is 33.4 Å². The first-order valence-corrected chi connectivity index (χ1v) is 10.7. The van der Waals surface area contributed by atoms with Crippen LogP contribution in [0, 0.1) is 5.41 Å². The van der Waals surface area contributed by atoms with Crippen LogP contribution in [0.25, 0.3) is 0 Å². The van der Waals surface area contributed by atoms with Crippen molar-refractivity contribution in [2.24, 2.45) is 5.41 Å². The summed E-state index contributed by atoms with van der Waals surface area (Å²) in [5.74, 6) is -1.19. The zero-order chi connectivity index (χ0) is 23.5. The molecule has 180 valence electrons. The molecule has 9 heteroatoms. The molecular formula is C21H42O9. The predicted molar refractivity (Wildman–Crippen MR) is 112 cm³/mol. The fourth-order valence-electron chi connectivity index (χ4n) is 3.46. The predicted octanol–water partition coefficient (Wildman–Crippen LogP) is 1.23. The van der Waals surface area contributed by atoms with Crippen LogP contribution in [0.3, 0.4) is 0 Å². The maximum absolute atomic E-state index is 12.7. The summed E-state index contributed by atoms with van der Waals surface area (Å²) in [7, 11) is 0. The standard InChI is InChI=1S/C19H38O7.C2H4O2/c1-2-26-17(24)18(7-3-13-20,8-4-14-21)11-12-19(25,9-5-15-22)10-6-16-23;1-2(3)4/h20-23,25H,2-16H2,1H3;1H3,(H,3,4). The number of aliphatic hydroxyl groups excluding tert-OH is 4. The normalized spacial score (nSPS) is 11.6. The number of carbonyl (C=O) groups is 2. The van der Waals surface area contributed by atoms with Crippen molar-refractivity contribution in [2.75, 3.05) is 33.0 Å². The molecule has 9 nitrogen and oxygen atoms in total. The van der Waals surface area contributed by atoms with E-state index in [4.69, 9.17) is 24.9 Å². The molecule has 0 amide bonds. The second-order valence-corrected chi connectivity index (χ2v) is 7.55. The number of hydrogen-bond acceptors (Lipinski definition) is 8. The van der Waals surface area contributed by atoms with Gasteiger partial charge in [-0.05, 0) is 71.1 Å². The number of carbonyl (C=O) groups excluding carboxylic acids is 1. The van der Waals surface area contributed by atoms with Gasteiger partial charge in [0.2, 0.25) is 0 Å². The van der Waals surface area contributed by atoms with Crippen LogP contribution >= 0.6 is 0 Å². The van der Waals surface area contributed by atoms with E-state index in [0.717, 1.165) is 6.92 Å². The Morgan fingerprint density at radius 2 is 1.10 bits per heavy atom. The van der Waals surface area contributed by atoms with E-state index in [2.05, 4.69) is 0 Å². The first-order chi connectivity index (χ1) is 14.2. The molecule has 0 aliphatic heterocycles. The Morgan fingerprint density at radius 3 is 1.43 bits per heavy atom. The summed E-state index contributed by atoms with van der Waals surface area (Å²) in [6, 6.07) is 0. The Kier molecular flexibility index (Phi) is 19.1. The van der Waals surface area contributed by atoms with Gasteiger partial charge < -0.3 is 35.4 Å². The zero-order valence-corrected chi connectivity index (χ0v) is 18.5. The van der Waals surface area contributed by atoms with Gasteiger partial charge in [0.1, 0.15) is 0 Å². The van der Waals surface area contributed by atoms with Gasteiger partial charge in [-0.15, -0.1) is 0 Å². The quantitative estimate of drug-likeness (QED) is 0.183. The van der Waals surface area contributed by atoms with Crippen molar-refractivity contribution in [1.29, 1.82) is 0 Å². The number of carboxylic acid groups (broad SMARTS) is 1. The third-order valence-electron chi connectivity index (χ3n) is 5.00. The Bertz CT molecular complexity index is 420. The molecule has 0 unspecified atom stereocenters. The van der Waals surface area contributed by atoms with E-state index in [1.807, 2.05) is 0 Å². The Hall–Kier alpha value is -1.26. The van der Waals surface area contributed by atoms with Gasteiger partial charge >= 0.3 is 5.97 Å². The van der Waals surface area contributed by atoms with Crippen LogP contribution in [-0.2, 0) is 14.3 Å². The molecule has 0 aliphatic carbocycles. The minimum atomic E-state index is -1.07. The highest BCUT2D eigenvalue weighted by molar-refractivity contribution is 5.76. The highest BCUT2D eigenvalue weighted by Gasteiger charge is 2.41. The number of aliphatic hydroxyl groups is 5. The summed E-state index contributed by atoms with van der Waals surface area (Å²) in [5.41, 5.74) is -1.92. The fraction of sp³-hybridized carbons (Fsp3) is 0.905. The molecule has 0 bridgehead atoms. The van der Waals surface area contributed by atoms with Crippen LogP contribution in [0.5, 0.6) is 0 Å². The molecule has 0 heterocycles. The van der Waals surface area contributed by atoms with Crippen molar-refractivity contribution in [1.82, 2.24) is 0 Å². The number of rotatable bonds is 17. The molecule has 6 N–H and O–H groups in total. The van der Waals surface area contributed by atoms with Gasteiger partial charge in [-0.2, -0.15) is 0 Å². The maximum atomic E-state index is 12.7. The van der Waals surface area contributed by atoms with Crippen LogP contribution in [0.15, 0.2) is 0 Å². The Balaban J connectivity index is 0. The average molecular weight is 439 g/mol. The summed E-state index contributed by atoms with van der Waals surface area (Å²) in [6.07, 6.45) is 4.12. The van der Waals surface area contributed by atoms with E-state index in [1.165, 1.54) is 0 Å². The highest BCUT2D eigenvalue weighted by Crippen LogP contribution is 2.40. The van der Waals surface area contributed by atoms with Gasteiger partial charge in [0.25, 0.3) is 5.97 Å². The number of aliphatic carboxylic acids is 1. The van der Waals surface area contributed by atoms with Crippen LogP contribution in [0.2, 0.25) is 0 Å². The van der Waals surface area contributed by atoms with Gasteiger partial charge in [-0.1, -0.05) is 0 Å². The van der Waals surface area contributed by atoms with Crippen LogP contribution < -0.4 is 0 Å². The Labute approximate surface area is 179 Å². The molecular weight excluding hydrogens is 396 g/mol. The third kappa shape index (κ3) is 14.7. The lowest BCUT2D eigenvalue weighted by Crippen LogP contribution is -2.38. The topological polar surface area (TPSA) is 165 Å². The summed E-state index contributed by atoms with van der Waals surface area (Å²) in [5, 5.41) is 55.0. The second-order valence-electron chi connectivity index (χ2n) is 7.55. The molecule has 0 spiro atoms. The van der Waals surface area contributed by atoms with Crippen molar-refractivity contribution in [3.8, 4) is 0 Å². The summed E-state index contributed by atoms with van der Waals surface area (Å²) in [4.78, 5) is 21.7. The maximum Gasteiger partial charge on any atom is 0.312 e. The molecule has 0 aromatic heterocycles. The van der Waals surface area contributed by atoms with E-state index in [0.29, 0.717) is 64.2 Å². The van der Waals surface area contributed by atoms with Crippen molar-refractivity contribution in [2.45, 2.75) is 83.7 Å². The van der Waals surface area contributed by atoms with Crippen molar-refractivity contribution >= 4 is 11.9 Å². The SMILES string of the molecule is CC(=O)O.CCOC(=O)C(CCCO)(CCCO)CCC(O)(CCCO)CCCO. The lowest BCUT2D eigenvalue weighted by molar-refractivity contribution is -0.158. The van der Waals surface area contributed by atoms with Crippen LogP contribution in [-0.4, -0.2) is 81.2 Å². The van der Waals surface area contributed by atoms with E-state index in [1.54, 1.807) is 6.92 Å². The van der Waals surface area contributed by atoms with Gasteiger partial charge in [0.15, 0.2) is 0 Å². The zero-order valence-electron chi connectivity index (χ0n) is 18.5. The summed E-state index contributed by atoms with van der Waals surface area (Å²) >= 11 is 0. The lowest BCUT2D eigenvalue weighted by atomic mass is 9.72. The number of hydrogen-bond donors (Lipinski definition) is 6. The van der Waals surface area contributed by atoms with Crippen molar-refractivity contribution < 1.29 is 45.0 Å². The highest BCUT2D eigenvalue weighted by atomic mass is 16.5. The third-order valence-corrected chi connectivity index (χ3v) is 5.00. The average Bonchev–Trinajstić information content (AvgIpc) is 2.70. The molecule has 0 radical (unpaired) electrons. The molecule has 30 heavy (non-hydrogen) atoms. The molecule has 0 saturated heterocycles. The molecule has 0 atom stereocenters. The van der Waals surface area contributed by atoms with Crippen molar-refractivity contribution in [3.05, 3.63) is 0 Å². The first-order valence-electron chi connectivity index (χ1n) is 10.7. The molecule has 0 aromatic rings. The second kappa shape index (κ2) is 18.5. The van der Waals surface area contributed by atoms with Crippen LogP contribution in [0.4, 0.5) is 0 Å². The van der Waals surface area contributed by atoms with Gasteiger partial charge in [0.05, 0.1) is 17.6 Å². The molecule has 0 aromatic carbocycles. The number of esters is 1. The summed E-state index contributed by atoms with van der Waals surface area (Å²) < 4.78 is 5.27. The smallest absolute Gasteiger partial charge is 0.312 e. The largest absolute Gasteiger partial charge is 0.481 e. The summed E-state index contributed by atoms with van der Waals surface area (Å²) in [6.45, 7) is 2.93. The van der Waals surface area contributed by atoms with E-state index < -0.39 is 17.0 Å². The molecule has 0 rings (SSSR count). The Morgan fingerprint density at radius 1 is 0.733 bits per heavy atom. The van der Waals surface area contributed by atoms with Gasteiger partial charge in [-0.3, -0.25) is 9.59 Å². The minimum absolute atomic E-state index is 0.0283. The van der Waals surface area contributed by atoms with Gasteiger partial charge in [-0.25, -0.2) is 0 Å². The lowest BCUT2D eigenvalue weighted by Gasteiger charge is -2.36. The van der Waals surface area contributed by atoms with E-state index >= 15 is 0 Å². The fourth-order valence-corrected chi connectivity index (χ4v) is 3.46. The molecule has 0 fully saturated rings. The molecule has 0 aliphatic rings.